The summed E-state index contributed by atoms with van der Waals surface area (Å²) in [6.45, 7) is 9.67. The van der Waals surface area contributed by atoms with Crippen LogP contribution in [0.5, 0.6) is 0 Å². The van der Waals surface area contributed by atoms with Gasteiger partial charge in [0.1, 0.15) is 0 Å². The zero-order valence-corrected chi connectivity index (χ0v) is 11.8. The Labute approximate surface area is 107 Å². The van der Waals surface area contributed by atoms with Crippen molar-refractivity contribution in [2.45, 2.75) is 64.3 Å². The Morgan fingerprint density at radius 3 is 2.76 bits per heavy atom. The van der Waals surface area contributed by atoms with Crippen LogP contribution in [0, 0.1) is 5.92 Å². The summed E-state index contributed by atoms with van der Waals surface area (Å²) in [6, 6.07) is 0. The molecule has 0 amide bonds. The van der Waals surface area contributed by atoms with Crippen molar-refractivity contribution in [2.75, 3.05) is 26.2 Å². The lowest BCUT2D eigenvalue weighted by Crippen LogP contribution is -2.58. The molecule has 100 valence electrons. The molecule has 0 aromatic carbocycles. The molecule has 1 aliphatic heterocycles. The van der Waals surface area contributed by atoms with Crippen LogP contribution in [0.15, 0.2) is 0 Å². The Bertz CT molecular complexity index is 223. The Kier molecular flexibility index (Phi) is 4.87. The van der Waals surface area contributed by atoms with Crippen molar-refractivity contribution >= 4 is 0 Å². The van der Waals surface area contributed by atoms with Crippen LogP contribution in [0.2, 0.25) is 0 Å². The summed E-state index contributed by atoms with van der Waals surface area (Å²) in [5.41, 5.74) is 0.367. The molecule has 1 saturated heterocycles. The summed E-state index contributed by atoms with van der Waals surface area (Å²) in [5.74, 6) is 1.07. The number of nitrogens with zero attached hydrogens (tertiary/aromatic N) is 1. The van der Waals surface area contributed by atoms with Gasteiger partial charge in [0.05, 0.1) is 0 Å². The average Bonchev–Trinajstić information content (AvgIpc) is 2.82. The molecule has 1 saturated carbocycles. The Hall–Kier alpha value is -0.0800. The van der Waals surface area contributed by atoms with E-state index in [1.165, 1.54) is 71.1 Å². The fraction of sp³-hybridized carbons (Fsp3) is 1.00. The fourth-order valence-electron chi connectivity index (χ4n) is 3.47. The van der Waals surface area contributed by atoms with Gasteiger partial charge in [0.2, 0.25) is 0 Å². The first-order chi connectivity index (χ1) is 8.22. The van der Waals surface area contributed by atoms with Crippen LogP contribution < -0.4 is 5.32 Å². The second-order valence-corrected chi connectivity index (χ2v) is 6.41. The molecule has 0 radical (unpaired) electrons. The van der Waals surface area contributed by atoms with Crippen molar-refractivity contribution in [3.05, 3.63) is 0 Å². The van der Waals surface area contributed by atoms with Gasteiger partial charge in [0.25, 0.3) is 0 Å². The van der Waals surface area contributed by atoms with E-state index in [4.69, 9.17) is 0 Å². The Morgan fingerprint density at radius 2 is 2.06 bits per heavy atom. The SMILES string of the molecule is CCC1(C)CN(CCCC2CCCC2)CCN1. The van der Waals surface area contributed by atoms with Crippen LogP contribution in [0.4, 0.5) is 0 Å². The van der Waals surface area contributed by atoms with Crippen molar-refractivity contribution in [1.82, 2.24) is 10.2 Å². The van der Waals surface area contributed by atoms with Crippen molar-refractivity contribution in [1.29, 1.82) is 0 Å². The molecule has 2 nitrogen and oxygen atoms in total. The number of piperazine rings is 1. The van der Waals surface area contributed by atoms with Gasteiger partial charge >= 0.3 is 0 Å². The highest BCUT2D eigenvalue weighted by atomic mass is 15.2. The van der Waals surface area contributed by atoms with Crippen molar-refractivity contribution in [3.63, 3.8) is 0 Å². The van der Waals surface area contributed by atoms with E-state index in [1.807, 2.05) is 0 Å². The maximum atomic E-state index is 3.66. The summed E-state index contributed by atoms with van der Waals surface area (Å²) in [5, 5.41) is 3.66. The smallest absolute Gasteiger partial charge is 0.0278 e. The minimum absolute atomic E-state index is 0.367. The van der Waals surface area contributed by atoms with Gasteiger partial charge in [0, 0.05) is 25.2 Å². The lowest BCUT2D eigenvalue weighted by Gasteiger charge is -2.41. The topological polar surface area (TPSA) is 15.3 Å². The molecule has 2 fully saturated rings. The number of hydrogen-bond acceptors (Lipinski definition) is 2. The minimum Gasteiger partial charge on any atom is -0.309 e. The van der Waals surface area contributed by atoms with Crippen molar-refractivity contribution in [3.8, 4) is 0 Å². The third-order valence-electron chi connectivity index (χ3n) is 4.89. The van der Waals surface area contributed by atoms with Crippen molar-refractivity contribution in [2.24, 2.45) is 5.92 Å². The van der Waals surface area contributed by atoms with Crippen LogP contribution in [-0.2, 0) is 0 Å². The molecule has 17 heavy (non-hydrogen) atoms. The van der Waals surface area contributed by atoms with E-state index in [0.717, 1.165) is 5.92 Å². The molecule has 2 aliphatic rings. The molecule has 0 aromatic rings. The number of hydrogen-bond donors (Lipinski definition) is 1. The third kappa shape index (κ3) is 3.96. The number of rotatable bonds is 5. The van der Waals surface area contributed by atoms with Crippen LogP contribution in [0.3, 0.4) is 0 Å². The second kappa shape index (κ2) is 6.19. The van der Waals surface area contributed by atoms with Crippen LogP contribution in [-0.4, -0.2) is 36.6 Å². The Balaban J connectivity index is 1.64. The molecule has 1 aliphatic carbocycles. The van der Waals surface area contributed by atoms with E-state index < -0.39 is 0 Å². The standard InChI is InChI=1S/C15H30N2/c1-3-15(2)13-17(12-10-16-15)11-6-9-14-7-4-5-8-14/h14,16H,3-13H2,1-2H3. The first kappa shape index (κ1) is 13.4. The summed E-state index contributed by atoms with van der Waals surface area (Å²) >= 11 is 0. The van der Waals surface area contributed by atoms with Crippen LogP contribution in [0.1, 0.15) is 58.8 Å². The van der Waals surface area contributed by atoms with E-state index in [1.54, 1.807) is 0 Å². The highest BCUT2D eigenvalue weighted by Gasteiger charge is 2.28. The lowest BCUT2D eigenvalue weighted by atomic mass is 9.95. The van der Waals surface area contributed by atoms with Gasteiger partial charge in [-0.25, -0.2) is 0 Å². The Morgan fingerprint density at radius 1 is 1.29 bits per heavy atom. The van der Waals surface area contributed by atoms with Crippen LogP contribution >= 0.6 is 0 Å². The van der Waals surface area contributed by atoms with E-state index >= 15 is 0 Å². The van der Waals surface area contributed by atoms with E-state index in [-0.39, 0.29) is 0 Å². The first-order valence-electron chi connectivity index (χ1n) is 7.69. The normalized spacial score (nSPS) is 32.1. The molecule has 1 unspecified atom stereocenters. The van der Waals surface area contributed by atoms with Gasteiger partial charge in [0.15, 0.2) is 0 Å². The van der Waals surface area contributed by atoms with Gasteiger partial charge in [-0.15, -0.1) is 0 Å². The highest BCUT2D eigenvalue weighted by Crippen LogP contribution is 2.28. The van der Waals surface area contributed by atoms with Gasteiger partial charge in [-0.3, -0.25) is 0 Å². The van der Waals surface area contributed by atoms with E-state index in [2.05, 4.69) is 24.1 Å². The minimum atomic E-state index is 0.367. The molecular formula is C15H30N2. The number of nitrogens with one attached hydrogen (secondary N) is 1. The lowest BCUT2D eigenvalue weighted by molar-refractivity contribution is 0.136. The molecule has 2 heteroatoms. The fourth-order valence-corrected chi connectivity index (χ4v) is 3.47. The van der Waals surface area contributed by atoms with Crippen LogP contribution in [0.25, 0.3) is 0 Å². The zero-order chi connectivity index (χ0) is 12.1. The monoisotopic (exact) mass is 238 g/mol. The second-order valence-electron chi connectivity index (χ2n) is 6.41. The van der Waals surface area contributed by atoms with E-state index in [9.17, 15) is 0 Å². The molecule has 1 heterocycles. The van der Waals surface area contributed by atoms with Gasteiger partial charge in [-0.2, -0.15) is 0 Å². The zero-order valence-electron chi connectivity index (χ0n) is 11.8. The van der Waals surface area contributed by atoms with E-state index in [0.29, 0.717) is 5.54 Å². The maximum absolute atomic E-state index is 3.66. The maximum Gasteiger partial charge on any atom is 0.0278 e. The summed E-state index contributed by atoms with van der Waals surface area (Å²) in [6.07, 6.45) is 10.1. The average molecular weight is 238 g/mol. The van der Waals surface area contributed by atoms with Gasteiger partial charge in [-0.05, 0) is 38.6 Å². The molecule has 0 spiro atoms. The molecule has 1 N–H and O–H groups in total. The molecule has 0 bridgehead atoms. The molecule has 1 atom stereocenters. The molecular weight excluding hydrogens is 208 g/mol. The third-order valence-corrected chi connectivity index (χ3v) is 4.89. The summed E-state index contributed by atoms with van der Waals surface area (Å²) in [7, 11) is 0. The first-order valence-corrected chi connectivity index (χ1v) is 7.69. The van der Waals surface area contributed by atoms with Gasteiger partial charge in [-0.1, -0.05) is 32.6 Å². The predicted molar refractivity (Wildman–Crippen MR) is 74.3 cm³/mol. The van der Waals surface area contributed by atoms with Crippen molar-refractivity contribution < 1.29 is 0 Å². The van der Waals surface area contributed by atoms with Gasteiger partial charge < -0.3 is 10.2 Å². The molecule has 0 aromatic heterocycles. The predicted octanol–water partition coefficient (Wildman–Crippen LogP) is 3.03. The highest BCUT2D eigenvalue weighted by molar-refractivity contribution is 4.89. The largest absolute Gasteiger partial charge is 0.309 e. The molecule has 2 rings (SSSR count). The summed E-state index contributed by atoms with van der Waals surface area (Å²) < 4.78 is 0. The summed E-state index contributed by atoms with van der Waals surface area (Å²) in [4.78, 5) is 2.68. The quantitative estimate of drug-likeness (QED) is 0.792.